The van der Waals surface area contributed by atoms with Crippen LogP contribution in [0.4, 0.5) is 0 Å². The fraction of sp³-hybridized carbons (Fsp3) is 0. The molecule has 0 atom stereocenters. The zero-order valence-electron chi connectivity index (χ0n) is 4.22. The van der Waals surface area contributed by atoms with Crippen LogP contribution in [0.1, 0.15) is 0 Å². The van der Waals surface area contributed by atoms with Crippen molar-refractivity contribution in [1.29, 1.82) is 0 Å². The van der Waals surface area contributed by atoms with E-state index in [1.807, 2.05) is 0 Å². The number of halogens is 1. The largest absolute Gasteiger partial charge is 0.252 e. The summed E-state index contributed by atoms with van der Waals surface area (Å²) in [7, 11) is 0. The quantitative estimate of drug-likeness (QED) is 0.577. The number of rotatable bonds is 0. The van der Waals surface area contributed by atoms with E-state index in [0.717, 1.165) is 4.48 Å². The molecule has 0 saturated carbocycles. The van der Waals surface area contributed by atoms with Crippen molar-refractivity contribution in [2.45, 2.75) is 0 Å². The summed E-state index contributed by atoms with van der Waals surface area (Å²) < 4.78 is 0.765. The second kappa shape index (κ2) is 2.77. The second-order valence-electron chi connectivity index (χ2n) is 1.38. The van der Waals surface area contributed by atoms with E-state index in [2.05, 4.69) is 27.1 Å². The van der Waals surface area contributed by atoms with Gasteiger partial charge in [0.25, 0.3) is 0 Å². The number of hydrogen-bond donors (Lipinski definition) is 0. The minimum absolute atomic E-state index is 0.499. The number of hydrogen-bond acceptors (Lipinski definition) is 3. The molecule has 0 N–H and O–H groups in total. The van der Waals surface area contributed by atoms with Crippen molar-refractivity contribution in [3.63, 3.8) is 0 Å². The lowest BCUT2D eigenvalue weighted by atomic mass is 10.3. The average Bonchev–Trinajstić information content (AvgIpc) is 1.83. The fourth-order valence-corrected chi connectivity index (χ4v) is 1.06. The van der Waals surface area contributed by atoms with E-state index >= 15 is 0 Å². The molecule has 1 rings (SSSR count). The van der Waals surface area contributed by atoms with E-state index in [-0.39, 0.29) is 0 Å². The first kappa shape index (κ1) is 7.18. The predicted molar refractivity (Wildman–Crippen MR) is 49.6 cm³/mol. The molecular formula is C5HBrNS2. The van der Waals surface area contributed by atoms with E-state index in [0.29, 0.717) is 9.73 Å². The molecule has 0 aromatic heterocycles. The summed E-state index contributed by atoms with van der Waals surface area (Å²) in [5.41, 5.74) is 0. The van der Waals surface area contributed by atoms with Crippen molar-refractivity contribution in [3.8, 4) is 0 Å². The molecule has 1 heterocycles. The van der Waals surface area contributed by atoms with Crippen LogP contribution in [0.2, 0.25) is 0 Å². The molecule has 0 aromatic rings. The third kappa shape index (κ3) is 1.50. The van der Waals surface area contributed by atoms with Gasteiger partial charge >= 0.3 is 0 Å². The highest BCUT2D eigenvalue weighted by Crippen LogP contribution is 2.12. The lowest BCUT2D eigenvalue weighted by Gasteiger charge is -2.00. The van der Waals surface area contributed by atoms with Crippen LogP contribution < -0.4 is 0 Å². The number of allylic oxidation sites excluding steroid dienone is 1. The summed E-state index contributed by atoms with van der Waals surface area (Å²) in [5, 5.41) is 0. The molecule has 1 aliphatic rings. The van der Waals surface area contributed by atoms with Gasteiger partial charge in [-0.05, 0) is 15.9 Å². The van der Waals surface area contributed by atoms with Gasteiger partial charge in [0.1, 0.15) is 6.21 Å². The van der Waals surface area contributed by atoms with Crippen molar-refractivity contribution in [2.24, 2.45) is 4.99 Å². The zero-order chi connectivity index (χ0) is 6.85. The van der Waals surface area contributed by atoms with E-state index in [1.54, 1.807) is 6.20 Å². The highest BCUT2D eigenvalue weighted by atomic mass is 79.9. The van der Waals surface area contributed by atoms with Crippen LogP contribution in [-0.2, 0) is 0 Å². The fourth-order valence-electron chi connectivity index (χ4n) is 0.365. The van der Waals surface area contributed by atoms with Gasteiger partial charge in [0, 0.05) is 6.20 Å². The minimum Gasteiger partial charge on any atom is -0.252 e. The van der Waals surface area contributed by atoms with Crippen LogP contribution in [0.3, 0.4) is 0 Å². The number of aliphatic imine (C=N–C) groups is 1. The molecular weight excluding hydrogens is 218 g/mol. The normalized spacial score (nSPS) is 18.1. The summed E-state index contributed by atoms with van der Waals surface area (Å²) in [4.78, 5) is 4.81. The molecule has 0 aromatic carbocycles. The van der Waals surface area contributed by atoms with E-state index < -0.39 is 0 Å². The maximum atomic E-state index is 4.87. The maximum absolute atomic E-state index is 4.87. The van der Waals surface area contributed by atoms with Crippen LogP contribution in [0, 0.1) is 0 Å². The van der Waals surface area contributed by atoms with Crippen molar-refractivity contribution in [3.05, 3.63) is 10.7 Å². The Kier molecular flexibility index (Phi) is 2.21. The summed E-state index contributed by atoms with van der Waals surface area (Å²) in [5.74, 6) is 0. The molecule has 1 aliphatic heterocycles. The summed E-state index contributed by atoms with van der Waals surface area (Å²) in [6.45, 7) is 0. The smallest absolute Gasteiger partial charge is 0.110 e. The Morgan fingerprint density at radius 3 is 2.67 bits per heavy atom. The Morgan fingerprint density at radius 1 is 1.56 bits per heavy atom. The number of thiocarbonyl (C=S) groups is 2. The van der Waals surface area contributed by atoms with E-state index in [1.165, 1.54) is 0 Å². The van der Waals surface area contributed by atoms with Gasteiger partial charge in [0.2, 0.25) is 0 Å². The first-order valence-corrected chi connectivity index (χ1v) is 3.73. The van der Waals surface area contributed by atoms with Gasteiger partial charge in [-0.2, -0.15) is 0 Å². The van der Waals surface area contributed by atoms with Crippen LogP contribution in [0.15, 0.2) is 15.7 Å². The molecule has 1 radical (unpaired) electrons. The molecule has 9 heavy (non-hydrogen) atoms. The van der Waals surface area contributed by atoms with Gasteiger partial charge in [0.05, 0.1) is 14.2 Å². The van der Waals surface area contributed by atoms with Gasteiger partial charge in [-0.25, -0.2) is 0 Å². The first-order valence-electron chi connectivity index (χ1n) is 2.12. The molecule has 4 heteroatoms. The topological polar surface area (TPSA) is 12.4 Å². The van der Waals surface area contributed by atoms with Gasteiger partial charge in [-0.3, -0.25) is 4.99 Å². The van der Waals surface area contributed by atoms with Crippen LogP contribution >= 0.6 is 40.4 Å². The van der Waals surface area contributed by atoms with E-state index in [4.69, 9.17) is 24.4 Å². The Bertz CT molecular complexity index is 229. The first-order chi connectivity index (χ1) is 4.22. The summed E-state index contributed by atoms with van der Waals surface area (Å²) in [6, 6.07) is 0. The molecule has 0 amide bonds. The predicted octanol–water partition coefficient (Wildman–Crippen LogP) is 1.92. The minimum atomic E-state index is 0.499. The molecule has 0 spiro atoms. The molecule has 1 nitrogen and oxygen atoms in total. The molecule has 0 fully saturated rings. The second-order valence-corrected chi connectivity index (χ2v) is 3.05. The van der Waals surface area contributed by atoms with Crippen molar-refractivity contribution in [1.82, 2.24) is 0 Å². The third-order valence-electron chi connectivity index (χ3n) is 0.767. The summed E-state index contributed by atoms with van der Waals surface area (Å²) >= 11 is 12.9. The Labute approximate surface area is 72.0 Å². The molecule has 0 bridgehead atoms. The lowest BCUT2D eigenvalue weighted by molar-refractivity contribution is 1.61. The van der Waals surface area contributed by atoms with Crippen molar-refractivity contribution in [2.75, 3.05) is 0 Å². The van der Waals surface area contributed by atoms with Gasteiger partial charge in [0.15, 0.2) is 0 Å². The SMILES string of the molecule is S=C1[C]=NC=C(Br)C1=S. The van der Waals surface area contributed by atoms with Gasteiger partial charge < -0.3 is 0 Å². The lowest BCUT2D eigenvalue weighted by Crippen LogP contribution is -2.12. The monoisotopic (exact) mass is 218 g/mol. The highest BCUT2D eigenvalue weighted by Gasteiger charge is 2.09. The maximum Gasteiger partial charge on any atom is 0.110 e. The number of nitrogens with zero attached hydrogens (tertiary/aromatic N) is 1. The standard InChI is InChI=1S/C5HBrNS2/c6-3-1-7-2-4(8)5(3)9/h1H. The van der Waals surface area contributed by atoms with Crippen LogP contribution in [0.25, 0.3) is 0 Å². The van der Waals surface area contributed by atoms with E-state index in [9.17, 15) is 0 Å². The average molecular weight is 219 g/mol. The molecule has 45 valence electrons. The Balaban J connectivity index is 3.00. The molecule has 0 aliphatic carbocycles. The zero-order valence-corrected chi connectivity index (χ0v) is 7.44. The molecule has 0 unspecified atom stereocenters. The third-order valence-corrected chi connectivity index (χ3v) is 2.48. The van der Waals surface area contributed by atoms with Crippen molar-refractivity contribution < 1.29 is 0 Å². The molecule has 0 saturated heterocycles. The van der Waals surface area contributed by atoms with Crippen LogP contribution in [0.5, 0.6) is 0 Å². The van der Waals surface area contributed by atoms with Crippen LogP contribution in [-0.4, -0.2) is 15.9 Å². The van der Waals surface area contributed by atoms with Crippen molar-refractivity contribution >= 4 is 56.3 Å². The highest BCUT2D eigenvalue weighted by molar-refractivity contribution is 9.12. The Morgan fingerprint density at radius 2 is 2.22 bits per heavy atom. The van der Waals surface area contributed by atoms with Gasteiger partial charge in [-0.15, -0.1) is 0 Å². The van der Waals surface area contributed by atoms with Gasteiger partial charge in [-0.1, -0.05) is 24.4 Å². The Hall–Kier alpha value is 0.0700. The summed E-state index contributed by atoms with van der Waals surface area (Å²) in [6.07, 6.45) is 4.15.